The van der Waals surface area contributed by atoms with Crippen molar-refractivity contribution in [3.05, 3.63) is 24.0 Å². The van der Waals surface area contributed by atoms with Crippen molar-refractivity contribution < 1.29 is 14.6 Å². The minimum absolute atomic E-state index is 0.0840. The van der Waals surface area contributed by atoms with E-state index in [0.29, 0.717) is 12.5 Å². The van der Waals surface area contributed by atoms with Gasteiger partial charge in [0.15, 0.2) is 0 Å². The number of ether oxygens (including phenoxy) is 1. The molecule has 0 unspecified atom stereocenters. The van der Waals surface area contributed by atoms with E-state index in [4.69, 9.17) is 9.84 Å². The third-order valence-electron chi connectivity index (χ3n) is 2.29. The number of rotatable bonds is 8. The van der Waals surface area contributed by atoms with Crippen LogP contribution in [0.15, 0.2) is 23.2 Å². The van der Waals surface area contributed by atoms with Crippen LogP contribution in [0.4, 0.5) is 0 Å². The second-order valence-corrected chi connectivity index (χ2v) is 5.49. The Bertz CT molecular complexity index is 382. The second-order valence-electron chi connectivity index (χ2n) is 4.33. The molecule has 18 heavy (non-hydrogen) atoms. The van der Waals surface area contributed by atoms with Crippen LogP contribution in [0.5, 0.6) is 0 Å². The normalized spacial score (nSPS) is 10.8. The lowest BCUT2D eigenvalue weighted by Gasteiger charge is -2.06. The molecule has 0 radical (unpaired) electrons. The lowest BCUT2D eigenvalue weighted by Crippen LogP contribution is -2.02. The van der Waals surface area contributed by atoms with Gasteiger partial charge in [0, 0.05) is 23.5 Å². The Hall–Kier alpha value is -1.07. The first kappa shape index (κ1) is 15.0. The van der Waals surface area contributed by atoms with E-state index in [1.54, 1.807) is 17.8 Å². The van der Waals surface area contributed by atoms with Crippen LogP contribution in [0.3, 0.4) is 0 Å². The third kappa shape index (κ3) is 6.02. The Morgan fingerprint density at radius 2 is 2.28 bits per heavy atom. The average Bonchev–Trinajstić information content (AvgIpc) is 2.33. The first-order valence-corrected chi connectivity index (χ1v) is 6.98. The fraction of sp³-hybridized carbons (Fsp3) is 0.538. The molecule has 1 aromatic rings. The predicted octanol–water partition coefficient (Wildman–Crippen LogP) is 2.93. The molecule has 0 saturated carbocycles. The van der Waals surface area contributed by atoms with Gasteiger partial charge in [-0.05, 0) is 24.5 Å². The Morgan fingerprint density at radius 1 is 1.50 bits per heavy atom. The molecule has 1 aromatic heterocycles. The number of aromatic nitrogens is 1. The monoisotopic (exact) mass is 269 g/mol. The zero-order valence-corrected chi connectivity index (χ0v) is 11.6. The molecule has 0 fully saturated rings. The van der Waals surface area contributed by atoms with Gasteiger partial charge in [-0.25, -0.2) is 9.78 Å². The lowest BCUT2D eigenvalue weighted by atomic mass is 10.1. The first-order valence-electron chi connectivity index (χ1n) is 5.99. The molecule has 1 N–H and O–H groups in total. The summed E-state index contributed by atoms with van der Waals surface area (Å²) in [5, 5.41) is 8.81. The van der Waals surface area contributed by atoms with Gasteiger partial charge in [-0.3, -0.25) is 0 Å². The minimum atomic E-state index is -0.995. The number of carboxylic acid groups (broad SMARTS) is 1. The number of aromatic carboxylic acids is 1. The summed E-state index contributed by atoms with van der Waals surface area (Å²) in [6, 6.07) is 3.40. The van der Waals surface area contributed by atoms with Crippen LogP contribution < -0.4 is 0 Å². The van der Waals surface area contributed by atoms with Crippen LogP contribution in [0, 0.1) is 5.92 Å². The van der Waals surface area contributed by atoms with Gasteiger partial charge in [0.05, 0.1) is 6.61 Å². The van der Waals surface area contributed by atoms with E-state index in [1.165, 1.54) is 6.20 Å². The van der Waals surface area contributed by atoms with Gasteiger partial charge in [0.25, 0.3) is 0 Å². The Labute approximate surface area is 112 Å². The molecule has 0 aliphatic carbocycles. The third-order valence-corrected chi connectivity index (χ3v) is 3.24. The molecule has 0 amide bonds. The van der Waals surface area contributed by atoms with Crippen molar-refractivity contribution in [1.29, 1.82) is 0 Å². The summed E-state index contributed by atoms with van der Waals surface area (Å²) < 4.78 is 5.49. The topological polar surface area (TPSA) is 59.4 Å². The average molecular weight is 269 g/mol. The molecule has 0 saturated heterocycles. The Balaban J connectivity index is 2.23. The zero-order valence-electron chi connectivity index (χ0n) is 10.8. The van der Waals surface area contributed by atoms with Crippen molar-refractivity contribution in [3.8, 4) is 0 Å². The quantitative estimate of drug-likeness (QED) is 0.581. The van der Waals surface area contributed by atoms with Gasteiger partial charge in [-0.15, -0.1) is 11.8 Å². The van der Waals surface area contributed by atoms with E-state index in [0.717, 1.165) is 23.7 Å². The number of hydrogen-bond donors (Lipinski definition) is 1. The molecular formula is C13H19NO3S. The Kier molecular flexibility index (Phi) is 6.75. The molecule has 0 bridgehead atoms. The molecule has 0 atom stereocenters. The van der Waals surface area contributed by atoms with Gasteiger partial charge in [0.1, 0.15) is 5.69 Å². The first-order chi connectivity index (χ1) is 8.59. The molecule has 1 heterocycles. The van der Waals surface area contributed by atoms with Gasteiger partial charge in [-0.1, -0.05) is 13.8 Å². The highest BCUT2D eigenvalue weighted by atomic mass is 32.2. The molecule has 0 spiro atoms. The summed E-state index contributed by atoms with van der Waals surface area (Å²) in [5.41, 5.74) is 0.0840. The number of nitrogens with zero attached hydrogens (tertiary/aromatic N) is 1. The van der Waals surface area contributed by atoms with Crippen molar-refractivity contribution in [3.63, 3.8) is 0 Å². The van der Waals surface area contributed by atoms with Crippen LogP contribution in [-0.4, -0.2) is 35.0 Å². The molecule has 0 aliphatic heterocycles. The predicted molar refractivity (Wildman–Crippen MR) is 72.2 cm³/mol. The maximum atomic E-state index is 10.7. The zero-order chi connectivity index (χ0) is 13.4. The van der Waals surface area contributed by atoms with Crippen LogP contribution >= 0.6 is 11.8 Å². The number of carboxylic acids is 1. The van der Waals surface area contributed by atoms with Crippen LogP contribution in [0.2, 0.25) is 0 Å². The fourth-order valence-corrected chi connectivity index (χ4v) is 2.05. The number of thioether (sulfide) groups is 1. The standard InChI is InChI=1S/C13H19NO3S/c1-10(2)4-6-17-7-8-18-11-3-5-14-12(9-11)13(15)16/h3,5,9-10H,4,6-8H2,1-2H3,(H,15,16). The number of carbonyl (C=O) groups is 1. The summed E-state index contributed by atoms with van der Waals surface area (Å²) in [7, 11) is 0. The SMILES string of the molecule is CC(C)CCOCCSc1ccnc(C(=O)O)c1. The lowest BCUT2D eigenvalue weighted by molar-refractivity contribution is 0.0690. The molecule has 0 aromatic carbocycles. The highest BCUT2D eigenvalue weighted by Crippen LogP contribution is 2.17. The maximum Gasteiger partial charge on any atom is 0.354 e. The second kappa shape index (κ2) is 8.11. The molecule has 1 rings (SSSR count). The van der Waals surface area contributed by atoms with Crippen LogP contribution in [-0.2, 0) is 4.74 Å². The molecule has 0 aliphatic rings. The molecule has 5 heteroatoms. The van der Waals surface area contributed by atoms with Gasteiger partial charge >= 0.3 is 5.97 Å². The summed E-state index contributed by atoms with van der Waals surface area (Å²) in [6.07, 6.45) is 2.59. The number of pyridine rings is 1. The summed E-state index contributed by atoms with van der Waals surface area (Å²) in [6.45, 7) is 5.81. The van der Waals surface area contributed by atoms with Crippen molar-refractivity contribution in [2.75, 3.05) is 19.0 Å². The van der Waals surface area contributed by atoms with E-state index < -0.39 is 5.97 Å². The van der Waals surface area contributed by atoms with Gasteiger partial charge < -0.3 is 9.84 Å². The van der Waals surface area contributed by atoms with E-state index in [9.17, 15) is 4.79 Å². The highest BCUT2D eigenvalue weighted by Gasteiger charge is 2.05. The van der Waals surface area contributed by atoms with Crippen LogP contribution in [0.25, 0.3) is 0 Å². The largest absolute Gasteiger partial charge is 0.477 e. The van der Waals surface area contributed by atoms with Gasteiger partial charge in [0.2, 0.25) is 0 Å². The maximum absolute atomic E-state index is 10.7. The van der Waals surface area contributed by atoms with Crippen molar-refractivity contribution in [1.82, 2.24) is 4.98 Å². The van der Waals surface area contributed by atoms with Crippen molar-refractivity contribution >= 4 is 17.7 Å². The van der Waals surface area contributed by atoms with E-state index in [-0.39, 0.29) is 5.69 Å². The summed E-state index contributed by atoms with van der Waals surface area (Å²) in [4.78, 5) is 15.4. The van der Waals surface area contributed by atoms with E-state index >= 15 is 0 Å². The molecule has 100 valence electrons. The smallest absolute Gasteiger partial charge is 0.354 e. The summed E-state index contributed by atoms with van der Waals surface area (Å²) >= 11 is 1.58. The van der Waals surface area contributed by atoms with Crippen molar-refractivity contribution in [2.45, 2.75) is 25.2 Å². The van der Waals surface area contributed by atoms with E-state index in [1.807, 2.05) is 6.07 Å². The van der Waals surface area contributed by atoms with Gasteiger partial charge in [-0.2, -0.15) is 0 Å². The Morgan fingerprint density at radius 3 is 2.94 bits per heavy atom. The fourth-order valence-electron chi connectivity index (χ4n) is 1.26. The minimum Gasteiger partial charge on any atom is -0.477 e. The molecular weight excluding hydrogens is 250 g/mol. The number of hydrogen-bond acceptors (Lipinski definition) is 4. The van der Waals surface area contributed by atoms with Crippen molar-refractivity contribution in [2.24, 2.45) is 5.92 Å². The van der Waals surface area contributed by atoms with Crippen LogP contribution in [0.1, 0.15) is 30.8 Å². The summed E-state index contributed by atoms with van der Waals surface area (Å²) in [5.74, 6) is 0.489. The van der Waals surface area contributed by atoms with E-state index in [2.05, 4.69) is 18.8 Å². The highest BCUT2D eigenvalue weighted by molar-refractivity contribution is 7.99. The molecule has 4 nitrogen and oxygen atoms in total.